The summed E-state index contributed by atoms with van der Waals surface area (Å²) in [6.07, 6.45) is 3.63. The Morgan fingerprint density at radius 1 is 1.06 bits per heavy atom. The fourth-order valence-electron chi connectivity index (χ4n) is 4.90. The molecule has 0 radical (unpaired) electrons. The number of aromatic nitrogens is 3. The van der Waals surface area contributed by atoms with Gasteiger partial charge >= 0.3 is 0 Å². The number of likely N-dealkylation sites (N-methyl/N-ethyl adjacent to an activating group) is 1. The first-order valence-corrected chi connectivity index (χ1v) is 11.9. The molecule has 2 aliphatic heterocycles. The van der Waals surface area contributed by atoms with Gasteiger partial charge in [0.15, 0.2) is 5.82 Å². The maximum atomic E-state index is 12.7. The van der Waals surface area contributed by atoms with Gasteiger partial charge in [-0.3, -0.25) is 14.4 Å². The largest absolute Gasteiger partial charge is 0.355 e. The Morgan fingerprint density at radius 2 is 1.77 bits per heavy atom. The van der Waals surface area contributed by atoms with Crippen molar-refractivity contribution in [1.29, 1.82) is 0 Å². The molecule has 1 amide bonds. The zero-order valence-electron chi connectivity index (χ0n) is 19.3. The van der Waals surface area contributed by atoms with E-state index in [9.17, 15) is 4.79 Å². The highest BCUT2D eigenvalue weighted by atomic mass is 16.1. The van der Waals surface area contributed by atoms with Crippen LogP contribution in [0.5, 0.6) is 0 Å². The highest BCUT2D eigenvalue weighted by Crippen LogP contribution is 2.30. The number of carbonyl (C=O) groups excluding carboxylic acids is 1. The second-order valence-corrected chi connectivity index (χ2v) is 8.76. The number of piperidine rings is 1. The average molecular weight is 428 g/mol. The van der Waals surface area contributed by atoms with Crippen LogP contribution in [0.15, 0.2) is 12.3 Å². The molecule has 0 atom stereocenters. The summed E-state index contributed by atoms with van der Waals surface area (Å²) in [5.74, 6) is 1.32. The number of anilines is 1. The molecule has 0 saturated carbocycles. The molecule has 0 aromatic carbocycles. The Hall–Kier alpha value is -2.19. The summed E-state index contributed by atoms with van der Waals surface area (Å²) in [4.78, 5) is 24.7. The summed E-state index contributed by atoms with van der Waals surface area (Å²) in [7, 11) is 0. The Kier molecular flexibility index (Phi) is 7.07. The first-order chi connectivity index (χ1) is 15.1. The van der Waals surface area contributed by atoms with Crippen LogP contribution in [0.4, 0.5) is 5.82 Å². The lowest BCUT2D eigenvalue weighted by Crippen LogP contribution is -2.49. The smallest absolute Gasteiger partial charge is 0.223 e. The van der Waals surface area contributed by atoms with Gasteiger partial charge in [0.2, 0.25) is 5.91 Å². The molecule has 31 heavy (non-hydrogen) atoms. The number of hydrogen-bond donors (Lipinski definition) is 1. The lowest BCUT2D eigenvalue weighted by Gasteiger charge is -2.34. The molecule has 0 spiro atoms. The van der Waals surface area contributed by atoms with E-state index in [1.54, 1.807) is 0 Å². The molecular formula is C23H37N7O. The van der Waals surface area contributed by atoms with Crippen LogP contribution in [0, 0.1) is 12.8 Å². The van der Waals surface area contributed by atoms with E-state index in [0.29, 0.717) is 0 Å². The van der Waals surface area contributed by atoms with Gasteiger partial charge in [0.25, 0.3) is 0 Å². The van der Waals surface area contributed by atoms with E-state index in [-0.39, 0.29) is 11.8 Å². The summed E-state index contributed by atoms with van der Waals surface area (Å²) >= 11 is 0. The number of carbonyl (C=O) groups is 1. The van der Waals surface area contributed by atoms with Crippen LogP contribution >= 0.6 is 0 Å². The molecule has 170 valence electrons. The zero-order valence-corrected chi connectivity index (χ0v) is 19.3. The van der Waals surface area contributed by atoms with E-state index in [4.69, 9.17) is 4.98 Å². The predicted octanol–water partition coefficient (Wildman–Crippen LogP) is 1.73. The van der Waals surface area contributed by atoms with Crippen molar-refractivity contribution in [2.75, 3.05) is 63.8 Å². The monoisotopic (exact) mass is 427 g/mol. The van der Waals surface area contributed by atoms with Gasteiger partial charge in [-0.05, 0) is 39.3 Å². The first kappa shape index (κ1) is 22.0. The number of nitrogens with zero attached hydrogens (tertiary/aromatic N) is 6. The van der Waals surface area contributed by atoms with E-state index in [2.05, 4.69) is 52.0 Å². The van der Waals surface area contributed by atoms with Crippen molar-refractivity contribution in [3.05, 3.63) is 18.0 Å². The minimum atomic E-state index is 0.102. The molecule has 4 heterocycles. The molecule has 8 nitrogen and oxygen atoms in total. The maximum absolute atomic E-state index is 12.7. The molecule has 2 aromatic rings. The summed E-state index contributed by atoms with van der Waals surface area (Å²) in [5, 5.41) is 9.03. The molecule has 0 bridgehead atoms. The molecule has 2 aromatic heterocycles. The molecule has 2 aliphatic rings. The summed E-state index contributed by atoms with van der Waals surface area (Å²) < 4.78 is 2.05. The van der Waals surface area contributed by atoms with Crippen LogP contribution in [-0.2, 0) is 11.3 Å². The molecule has 1 N–H and O–H groups in total. The number of fused-ring (bicyclic) bond motifs is 1. The van der Waals surface area contributed by atoms with E-state index in [1.165, 1.54) is 5.39 Å². The van der Waals surface area contributed by atoms with E-state index >= 15 is 0 Å². The van der Waals surface area contributed by atoms with Crippen LogP contribution in [0.1, 0.15) is 32.4 Å². The Labute approximate surface area is 185 Å². The standard InChI is InChI=1S/C23H37N7O/c1-4-27-14-16-28(17-15-27)13-10-25-23(31)19-7-11-29(12-8-19)22-21-20(6-9-24-22)18(3)26-30(21)5-2/h6,9,19H,4-5,7-8,10-17H2,1-3H3,(H,25,31). The van der Waals surface area contributed by atoms with Crippen molar-refractivity contribution < 1.29 is 4.79 Å². The van der Waals surface area contributed by atoms with E-state index < -0.39 is 0 Å². The van der Waals surface area contributed by atoms with Gasteiger partial charge < -0.3 is 15.1 Å². The quantitative estimate of drug-likeness (QED) is 0.726. The van der Waals surface area contributed by atoms with Crippen LogP contribution in [-0.4, -0.2) is 89.4 Å². The predicted molar refractivity (Wildman–Crippen MR) is 124 cm³/mol. The topological polar surface area (TPSA) is 69.5 Å². The summed E-state index contributed by atoms with van der Waals surface area (Å²) in [6.45, 7) is 16.3. The lowest BCUT2D eigenvalue weighted by molar-refractivity contribution is -0.125. The normalized spacial score (nSPS) is 19.3. The Balaban J connectivity index is 1.27. The molecule has 0 aliphatic carbocycles. The van der Waals surface area contributed by atoms with Crippen LogP contribution in [0.3, 0.4) is 0 Å². The Morgan fingerprint density at radius 3 is 2.45 bits per heavy atom. The Bertz CT molecular complexity index is 879. The fraction of sp³-hybridized carbons (Fsp3) is 0.696. The van der Waals surface area contributed by atoms with Gasteiger partial charge in [0.05, 0.1) is 5.69 Å². The van der Waals surface area contributed by atoms with Crippen LogP contribution in [0.25, 0.3) is 10.9 Å². The minimum absolute atomic E-state index is 0.102. The third kappa shape index (κ3) is 4.85. The van der Waals surface area contributed by atoms with Crippen molar-refractivity contribution in [2.24, 2.45) is 5.92 Å². The second kappa shape index (κ2) is 9.96. The van der Waals surface area contributed by atoms with Gasteiger partial charge in [0.1, 0.15) is 5.52 Å². The number of hydrogen-bond acceptors (Lipinski definition) is 6. The number of amides is 1. The van der Waals surface area contributed by atoms with Crippen molar-refractivity contribution in [2.45, 2.75) is 40.2 Å². The number of nitrogens with one attached hydrogen (secondary N) is 1. The minimum Gasteiger partial charge on any atom is -0.355 e. The average Bonchev–Trinajstić information content (AvgIpc) is 3.15. The SMILES string of the molecule is CCN1CCN(CCNC(=O)C2CCN(c3nccc4c(C)nn(CC)c34)CC2)CC1. The van der Waals surface area contributed by atoms with Gasteiger partial charge in [-0.25, -0.2) is 4.98 Å². The fourth-order valence-corrected chi connectivity index (χ4v) is 4.90. The third-order valence-corrected chi connectivity index (χ3v) is 6.93. The summed E-state index contributed by atoms with van der Waals surface area (Å²) in [5.41, 5.74) is 2.17. The molecule has 2 saturated heterocycles. The van der Waals surface area contributed by atoms with Crippen molar-refractivity contribution in [3.63, 3.8) is 0 Å². The number of pyridine rings is 1. The number of rotatable bonds is 7. The van der Waals surface area contributed by atoms with Crippen molar-refractivity contribution in [1.82, 2.24) is 29.9 Å². The van der Waals surface area contributed by atoms with Gasteiger partial charge in [-0.15, -0.1) is 0 Å². The third-order valence-electron chi connectivity index (χ3n) is 6.93. The second-order valence-electron chi connectivity index (χ2n) is 8.76. The van der Waals surface area contributed by atoms with Crippen molar-refractivity contribution in [3.8, 4) is 0 Å². The molecule has 0 unspecified atom stereocenters. The van der Waals surface area contributed by atoms with Crippen LogP contribution < -0.4 is 10.2 Å². The molecule has 2 fully saturated rings. The molecular weight excluding hydrogens is 390 g/mol. The molecule has 8 heteroatoms. The number of piperazine rings is 1. The van der Waals surface area contributed by atoms with Crippen LogP contribution in [0.2, 0.25) is 0 Å². The van der Waals surface area contributed by atoms with Gasteiger partial charge in [-0.1, -0.05) is 6.92 Å². The molecule has 4 rings (SSSR count). The highest BCUT2D eigenvalue weighted by molar-refractivity contribution is 5.91. The maximum Gasteiger partial charge on any atom is 0.223 e. The zero-order chi connectivity index (χ0) is 21.8. The van der Waals surface area contributed by atoms with Gasteiger partial charge in [0, 0.05) is 76.4 Å². The van der Waals surface area contributed by atoms with E-state index in [1.807, 2.05) is 10.9 Å². The van der Waals surface area contributed by atoms with Gasteiger partial charge in [-0.2, -0.15) is 5.10 Å². The highest BCUT2D eigenvalue weighted by Gasteiger charge is 2.27. The first-order valence-electron chi connectivity index (χ1n) is 11.9. The summed E-state index contributed by atoms with van der Waals surface area (Å²) in [6, 6.07) is 2.05. The lowest BCUT2D eigenvalue weighted by atomic mass is 9.95. The van der Waals surface area contributed by atoms with E-state index in [0.717, 1.165) is 95.3 Å². The van der Waals surface area contributed by atoms with Crippen molar-refractivity contribution >= 4 is 22.6 Å². The number of aryl methyl sites for hydroxylation is 2.